The molecule has 2 aliphatic rings. The van der Waals surface area contributed by atoms with Crippen LogP contribution in [0.4, 0.5) is 16.2 Å². The number of amides is 2. The number of carbonyl (C=O) groups excluding carboxylic acids is 1. The molecule has 2 fully saturated rings. The van der Waals surface area contributed by atoms with Crippen LogP contribution in [0.5, 0.6) is 0 Å². The van der Waals surface area contributed by atoms with Gasteiger partial charge in [0.2, 0.25) is 0 Å². The minimum absolute atomic E-state index is 0.000624. The first-order valence-electron chi connectivity index (χ1n) is 10.2. The van der Waals surface area contributed by atoms with E-state index in [1.165, 1.54) is 12.8 Å². The summed E-state index contributed by atoms with van der Waals surface area (Å²) in [5, 5.41) is 3.81. The van der Waals surface area contributed by atoms with E-state index in [2.05, 4.69) is 29.0 Å². The van der Waals surface area contributed by atoms with E-state index in [-0.39, 0.29) is 6.03 Å². The van der Waals surface area contributed by atoms with E-state index in [0.717, 1.165) is 50.3 Å². The zero-order valence-corrected chi connectivity index (χ0v) is 17.3. The lowest BCUT2D eigenvalue weighted by atomic mass is 9.99. The summed E-state index contributed by atoms with van der Waals surface area (Å²) in [5.74, 6) is 0.582. The van der Waals surface area contributed by atoms with Crippen molar-refractivity contribution in [1.82, 2.24) is 4.90 Å². The van der Waals surface area contributed by atoms with Crippen LogP contribution in [0, 0.1) is 5.92 Å². The van der Waals surface area contributed by atoms with Crippen LogP contribution in [0.1, 0.15) is 46.0 Å². The zero-order chi connectivity index (χ0) is 19.2. The molecule has 5 nitrogen and oxygen atoms in total. The van der Waals surface area contributed by atoms with Crippen LogP contribution in [0.2, 0.25) is 5.02 Å². The van der Waals surface area contributed by atoms with Crippen LogP contribution in [0.3, 0.4) is 0 Å². The summed E-state index contributed by atoms with van der Waals surface area (Å²) in [7, 11) is 0. The predicted molar refractivity (Wildman–Crippen MR) is 112 cm³/mol. The molecule has 2 amide bonds. The van der Waals surface area contributed by atoms with Gasteiger partial charge in [0.1, 0.15) is 0 Å². The number of ether oxygens (including phenoxy) is 1. The van der Waals surface area contributed by atoms with Crippen molar-refractivity contribution >= 4 is 29.0 Å². The first kappa shape index (κ1) is 20.3. The third kappa shape index (κ3) is 5.52. The van der Waals surface area contributed by atoms with Crippen molar-refractivity contribution < 1.29 is 9.53 Å². The molecule has 6 heteroatoms. The van der Waals surface area contributed by atoms with Gasteiger partial charge < -0.3 is 19.9 Å². The number of rotatable bonds is 4. The molecule has 1 aromatic rings. The molecule has 27 heavy (non-hydrogen) atoms. The van der Waals surface area contributed by atoms with Gasteiger partial charge in [0.25, 0.3) is 0 Å². The van der Waals surface area contributed by atoms with Gasteiger partial charge in [-0.05, 0) is 43.4 Å². The van der Waals surface area contributed by atoms with E-state index in [1.807, 2.05) is 18.2 Å². The van der Waals surface area contributed by atoms with Gasteiger partial charge in [0.05, 0.1) is 24.6 Å². The Morgan fingerprint density at radius 2 is 2.00 bits per heavy atom. The van der Waals surface area contributed by atoms with Crippen molar-refractivity contribution in [2.75, 3.05) is 43.1 Å². The molecular weight excluding hydrogens is 362 g/mol. The molecule has 0 spiro atoms. The SMILES string of the molecule is CC(C)CC1CCCCCN1C(=O)Nc1cc(Cl)ccc1N1CCOCC1. The number of carbonyl (C=O) groups is 1. The number of nitrogens with one attached hydrogen (secondary N) is 1. The quantitative estimate of drug-likeness (QED) is 0.782. The van der Waals surface area contributed by atoms with Crippen LogP contribution >= 0.6 is 11.6 Å². The maximum atomic E-state index is 13.2. The zero-order valence-electron chi connectivity index (χ0n) is 16.5. The number of benzene rings is 1. The highest BCUT2D eigenvalue weighted by molar-refractivity contribution is 6.31. The Labute approximate surface area is 168 Å². The van der Waals surface area contributed by atoms with E-state index in [9.17, 15) is 4.79 Å². The molecule has 1 atom stereocenters. The average molecular weight is 394 g/mol. The first-order valence-corrected chi connectivity index (χ1v) is 10.6. The fraction of sp³-hybridized carbons (Fsp3) is 0.667. The number of urea groups is 1. The molecule has 2 saturated heterocycles. The normalized spacial score (nSPS) is 21.3. The Morgan fingerprint density at radius 1 is 1.22 bits per heavy atom. The number of likely N-dealkylation sites (tertiary alicyclic amines) is 1. The number of halogens is 1. The van der Waals surface area contributed by atoms with Crippen LogP contribution in [0.15, 0.2) is 18.2 Å². The molecule has 0 bridgehead atoms. The molecule has 3 rings (SSSR count). The first-order chi connectivity index (χ1) is 13.0. The Hall–Kier alpha value is -1.46. The third-order valence-corrected chi connectivity index (χ3v) is 5.67. The highest BCUT2D eigenvalue weighted by Crippen LogP contribution is 2.31. The van der Waals surface area contributed by atoms with E-state index in [0.29, 0.717) is 30.2 Å². The maximum Gasteiger partial charge on any atom is 0.322 e. The van der Waals surface area contributed by atoms with Gasteiger partial charge in [-0.2, -0.15) is 0 Å². The number of hydrogen-bond acceptors (Lipinski definition) is 3. The summed E-state index contributed by atoms with van der Waals surface area (Å²) < 4.78 is 5.46. The molecule has 1 N–H and O–H groups in total. The van der Waals surface area contributed by atoms with Crippen LogP contribution in [0.25, 0.3) is 0 Å². The van der Waals surface area contributed by atoms with E-state index < -0.39 is 0 Å². The van der Waals surface area contributed by atoms with Gasteiger partial charge in [-0.3, -0.25) is 0 Å². The minimum Gasteiger partial charge on any atom is -0.378 e. The molecule has 0 saturated carbocycles. The monoisotopic (exact) mass is 393 g/mol. The molecule has 1 unspecified atom stereocenters. The molecule has 0 aliphatic carbocycles. The van der Waals surface area contributed by atoms with Crippen molar-refractivity contribution in [2.45, 2.75) is 52.0 Å². The van der Waals surface area contributed by atoms with Gasteiger partial charge in [0, 0.05) is 30.7 Å². The lowest BCUT2D eigenvalue weighted by Crippen LogP contribution is -2.43. The second kappa shape index (κ2) is 9.65. The lowest BCUT2D eigenvalue weighted by Gasteiger charge is -2.33. The number of anilines is 2. The molecular formula is C21H32ClN3O2. The summed E-state index contributed by atoms with van der Waals surface area (Å²) in [4.78, 5) is 17.5. The van der Waals surface area contributed by atoms with E-state index >= 15 is 0 Å². The van der Waals surface area contributed by atoms with Crippen molar-refractivity contribution in [3.63, 3.8) is 0 Å². The van der Waals surface area contributed by atoms with Crippen molar-refractivity contribution in [2.24, 2.45) is 5.92 Å². The second-order valence-corrected chi connectivity index (χ2v) is 8.45. The summed E-state index contributed by atoms with van der Waals surface area (Å²) in [6, 6.07) is 6.06. The molecule has 0 aromatic heterocycles. The second-order valence-electron chi connectivity index (χ2n) is 8.02. The van der Waals surface area contributed by atoms with Gasteiger partial charge >= 0.3 is 6.03 Å². The van der Waals surface area contributed by atoms with Crippen molar-refractivity contribution in [1.29, 1.82) is 0 Å². The molecule has 1 aromatic carbocycles. The number of morpholine rings is 1. The average Bonchev–Trinajstić information content (AvgIpc) is 2.87. The van der Waals surface area contributed by atoms with E-state index in [1.54, 1.807) is 0 Å². The summed E-state index contributed by atoms with van der Waals surface area (Å²) >= 11 is 6.24. The van der Waals surface area contributed by atoms with Crippen LogP contribution in [-0.4, -0.2) is 49.8 Å². The fourth-order valence-electron chi connectivity index (χ4n) is 4.11. The highest BCUT2D eigenvalue weighted by atomic mass is 35.5. The molecule has 0 radical (unpaired) electrons. The smallest absolute Gasteiger partial charge is 0.322 e. The Morgan fingerprint density at radius 3 is 2.74 bits per heavy atom. The molecule has 2 aliphatic heterocycles. The molecule has 2 heterocycles. The summed E-state index contributed by atoms with van der Waals surface area (Å²) in [5.41, 5.74) is 1.81. The van der Waals surface area contributed by atoms with Crippen LogP contribution in [-0.2, 0) is 4.74 Å². The van der Waals surface area contributed by atoms with E-state index in [4.69, 9.17) is 16.3 Å². The van der Waals surface area contributed by atoms with Gasteiger partial charge in [-0.1, -0.05) is 38.3 Å². The maximum absolute atomic E-state index is 13.2. The Kier molecular flexibility index (Phi) is 7.25. The van der Waals surface area contributed by atoms with Gasteiger partial charge in [-0.25, -0.2) is 4.79 Å². The predicted octanol–water partition coefficient (Wildman–Crippen LogP) is 5.00. The number of nitrogens with zero attached hydrogens (tertiary/aromatic N) is 2. The Bertz CT molecular complexity index is 632. The number of hydrogen-bond donors (Lipinski definition) is 1. The fourth-order valence-corrected chi connectivity index (χ4v) is 4.28. The standard InChI is InChI=1S/C21H32ClN3O2/c1-16(2)14-18-6-4-3-5-9-25(18)21(26)23-19-15-17(22)7-8-20(19)24-10-12-27-13-11-24/h7-8,15-16,18H,3-6,9-14H2,1-2H3,(H,23,26). The highest BCUT2D eigenvalue weighted by Gasteiger charge is 2.27. The largest absolute Gasteiger partial charge is 0.378 e. The summed E-state index contributed by atoms with van der Waals surface area (Å²) in [6.07, 6.45) is 5.64. The minimum atomic E-state index is -0.000624. The van der Waals surface area contributed by atoms with Crippen molar-refractivity contribution in [3.05, 3.63) is 23.2 Å². The Balaban J connectivity index is 1.78. The molecule has 150 valence electrons. The van der Waals surface area contributed by atoms with Crippen molar-refractivity contribution in [3.8, 4) is 0 Å². The lowest BCUT2D eigenvalue weighted by molar-refractivity contribution is 0.123. The van der Waals surface area contributed by atoms with Crippen LogP contribution < -0.4 is 10.2 Å². The topological polar surface area (TPSA) is 44.8 Å². The summed E-state index contributed by atoms with van der Waals surface area (Å²) in [6.45, 7) is 8.35. The third-order valence-electron chi connectivity index (χ3n) is 5.43. The van der Waals surface area contributed by atoms with Gasteiger partial charge in [0.15, 0.2) is 0 Å². The van der Waals surface area contributed by atoms with Gasteiger partial charge in [-0.15, -0.1) is 0 Å².